The molecular formula is C117H128O6. The summed E-state index contributed by atoms with van der Waals surface area (Å²) in [5.41, 5.74) is 30.7. The fourth-order valence-electron chi connectivity index (χ4n) is 26.0. The molecule has 0 saturated heterocycles. The number of aryl methyl sites for hydroxylation is 4. The van der Waals surface area contributed by atoms with Crippen LogP contribution < -0.4 is 9.47 Å². The molecule has 123 heavy (non-hydrogen) atoms. The average molecular weight is 1630 g/mol. The summed E-state index contributed by atoms with van der Waals surface area (Å²) < 4.78 is 11.3. The lowest BCUT2D eigenvalue weighted by Crippen LogP contribution is -2.38. The summed E-state index contributed by atoms with van der Waals surface area (Å²) in [5.74, 6) is 3.20. The molecule has 6 heteroatoms. The Balaban J connectivity index is 0.000000108. The molecule has 9 aliphatic rings. The van der Waals surface area contributed by atoms with Gasteiger partial charge in [0.25, 0.3) is 0 Å². The molecule has 0 aromatic heterocycles. The Kier molecular flexibility index (Phi) is 22.3. The van der Waals surface area contributed by atoms with E-state index in [-0.39, 0.29) is 21.7 Å². The predicted molar refractivity (Wildman–Crippen MR) is 513 cm³/mol. The van der Waals surface area contributed by atoms with Gasteiger partial charge in [0.1, 0.15) is 34.5 Å². The highest BCUT2D eigenvalue weighted by atomic mass is 16.5. The summed E-state index contributed by atoms with van der Waals surface area (Å²) in [5, 5.41) is 52.7. The lowest BCUT2D eigenvalue weighted by Gasteiger charge is -2.48. The van der Waals surface area contributed by atoms with E-state index >= 15 is 0 Å². The van der Waals surface area contributed by atoms with Crippen LogP contribution in [0.2, 0.25) is 0 Å². The van der Waals surface area contributed by atoms with Crippen LogP contribution >= 0.6 is 0 Å². The minimum Gasteiger partial charge on any atom is -0.507 e. The van der Waals surface area contributed by atoms with Crippen molar-refractivity contribution in [3.05, 3.63) is 273 Å². The molecule has 5 spiro atoms. The van der Waals surface area contributed by atoms with Gasteiger partial charge in [0, 0.05) is 48.8 Å². The molecule has 5 saturated carbocycles. The van der Waals surface area contributed by atoms with Gasteiger partial charge in [0.2, 0.25) is 0 Å². The molecule has 0 unspecified atom stereocenters. The predicted octanol–water partition coefficient (Wildman–Crippen LogP) is 32.1. The largest absolute Gasteiger partial charge is 0.507 e. The number of benzene rings is 13. The molecule has 0 bridgehead atoms. The molecule has 632 valence electrons. The first-order valence-electron chi connectivity index (χ1n) is 47.7. The molecule has 0 radical (unpaired) electrons. The molecule has 5 fully saturated rings. The Morgan fingerprint density at radius 3 is 1.11 bits per heavy atom. The standard InChI is InChI=1S/C34H36O2.C29H32O2.C28H32O.C26H28O/c1-5-33(6-2)15-17-34(18-16-33)28-10-8-7-9-24(28)32-27-19-25(23-13-11-22(3)12-14-23)31(36-4)20-26(27)30(35)21-29(32)34;1-19-6-8-22-24(16-19)29(14-12-28(13-15-29)10-4-3-5-11-28)25-18-26(30)23-17-20(31-2)7-9-21(23)27(22)25;29-26-20-25-27(22-15-9-8-14-21(22)26)23-16-10-11-17-24(23)28(25)18-12-6-4-2-1-3-5-7-13-19-28;1-17-8-10-19-21(14-17)24(27)16-23-25(19)20-11-9-18(2)15-22(20)26(23)12-6-4-3-5-7-13-26/h7-14,19-21,35H,5-6,15-18H2,1-4H3;6-9,16-18,30H,3-5,10-15H2,1-2H3;8-11,14-17,20,29H,1-7,12-13,18-19H2;8-11,14-16,27H,3-7,12-13H2,1-2H3. The van der Waals surface area contributed by atoms with Crippen LogP contribution in [0.1, 0.15) is 292 Å². The number of ether oxygens (including phenoxy) is 2. The number of phenols is 4. The van der Waals surface area contributed by atoms with Gasteiger partial charge in [0.05, 0.1) is 14.2 Å². The first-order valence-corrected chi connectivity index (χ1v) is 47.7. The Morgan fingerprint density at radius 2 is 0.610 bits per heavy atom. The number of fused-ring (bicyclic) bond motifs is 28. The molecule has 9 aliphatic carbocycles. The highest BCUT2D eigenvalue weighted by Crippen LogP contribution is 2.67. The smallest absolute Gasteiger partial charge is 0.127 e. The second-order valence-electron chi connectivity index (χ2n) is 39.5. The molecule has 22 rings (SSSR count). The third-order valence-electron chi connectivity index (χ3n) is 33.0. The molecule has 13 aromatic rings. The number of rotatable bonds is 5. The lowest BCUT2D eigenvalue weighted by molar-refractivity contribution is 0.0951. The van der Waals surface area contributed by atoms with E-state index in [1.165, 1.54) is 321 Å². The quantitative estimate of drug-likeness (QED) is 0.137. The van der Waals surface area contributed by atoms with Crippen molar-refractivity contribution in [2.24, 2.45) is 10.8 Å². The molecule has 0 aliphatic heterocycles. The normalized spacial score (nSPS) is 18.8. The Labute approximate surface area is 731 Å². The van der Waals surface area contributed by atoms with Gasteiger partial charge in [-0.25, -0.2) is 0 Å². The summed E-state index contributed by atoms with van der Waals surface area (Å²) >= 11 is 0. The zero-order valence-electron chi connectivity index (χ0n) is 74.6. The summed E-state index contributed by atoms with van der Waals surface area (Å²) in [7, 11) is 3.39. The van der Waals surface area contributed by atoms with Crippen molar-refractivity contribution in [3.8, 4) is 90.1 Å². The molecule has 0 heterocycles. The van der Waals surface area contributed by atoms with Crippen LogP contribution in [-0.4, -0.2) is 34.6 Å². The van der Waals surface area contributed by atoms with E-state index in [1.807, 2.05) is 24.3 Å². The first-order chi connectivity index (χ1) is 59.9. The third kappa shape index (κ3) is 14.1. The number of phenolic OH excluding ortho intramolecular Hbond substituents is 4. The minimum absolute atomic E-state index is 0.0185. The summed E-state index contributed by atoms with van der Waals surface area (Å²) in [6.45, 7) is 13.3. The van der Waals surface area contributed by atoms with Gasteiger partial charge in [-0.2, -0.15) is 0 Å². The maximum absolute atomic E-state index is 11.4. The van der Waals surface area contributed by atoms with Crippen molar-refractivity contribution in [2.45, 2.75) is 275 Å². The summed E-state index contributed by atoms with van der Waals surface area (Å²) in [4.78, 5) is 0. The molecular weight excluding hydrogens is 1500 g/mol. The van der Waals surface area contributed by atoms with Crippen LogP contribution in [0.25, 0.3) is 98.7 Å². The van der Waals surface area contributed by atoms with Gasteiger partial charge in [-0.1, -0.05) is 304 Å². The van der Waals surface area contributed by atoms with Crippen molar-refractivity contribution in [1.29, 1.82) is 0 Å². The molecule has 0 atom stereocenters. The van der Waals surface area contributed by atoms with E-state index in [2.05, 4.69) is 224 Å². The summed E-state index contributed by atoms with van der Waals surface area (Å²) in [6.07, 6.45) is 42.9. The zero-order valence-corrected chi connectivity index (χ0v) is 74.6. The highest BCUT2D eigenvalue weighted by molar-refractivity contribution is 6.10. The Bertz CT molecular complexity index is 6160. The van der Waals surface area contributed by atoms with E-state index in [9.17, 15) is 20.4 Å². The molecule has 13 aromatic carbocycles. The van der Waals surface area contributed by atoms with Crippen LogP contribution in [0.15, 0.2) is 206 Å². The number of hydrogen-bond donors (Lipinski definition) is 4. The number of aromatic hydroxyl groups is 4. The topological polar surface area (TPSA) is 99.4 Å². The monoisotopic (exact) mass is 1630 g/mol. The van der Waals surface area contributed by atoms with Gasteiger partial charge in [-0.05, 0) is 305 Å². The van der Waals surface area contributed by atoms with E-state index in [0.717, 1.165) is 67.8 Å². The average Bonchev–Trinajstić information content (AvgIpc) is 1.52. The SMILES string of the molecule is CCC1(CC)CCC2(CC1)c1ccccc1-c1c2cc(O)c2cc(OC)c(-c3ccc(C)cc3)cc12.COc1ccc2c3c(cc(O)c2c1)C1(CCC2(CCCCC2)CC1)c1cc(C)ccc1-3.Cc1ccc2c(c1)C1(CCCCCCC1)c1cc(O)c3cc(C)ccc3c1-2.Oc1cc2c(c3ccccc13)-c1ccccc1C21CCCCCCCCCCC1. The second-order valence-corrected chi connectivity index (χ2v) is 39.5. The maximum Gasteiger partial charge on any atom is 0.127 e. The Morgan fingerprint density at radius 1 is 0.252 bits per heavy atom. The van der Waals surface area contributed by atoms with Crippen LogP contribution in [0, 0.1) is 38.5 Å². The maximum atomic E-state index is 11.4. The van der Waals surface area contributed by atoms with E-state index in [0.29, 0.717) is 33.8 Å². The fourth-order valence-corrected chi connectivity index (χ4v) is 26.0. The van der Waals surface area contributed by atoms with Gasteiger partial charge in [0.15, 0.2) is 0 Å². The van der Waals surface area contributed by atoms with Crippen LogP contribution in [0.3, 0.4) is 0 Å². The first kappa shape index (κ1) is 82.3. The molecule has 6 nitrogen and oxygen atoms in total. The molecule has 4 N–H and O–H groups in total. The van der Waals surface area contributed by atoms with Gasteiger partial charge >= 0.3 is 0 Å². The van der Waals surface area contributed by atoms with E-state index < -0.39 is 0 Å². The van der Waals surface area contributed by atoms with Crippen molar-refractivity contribution in [1.82, 2.24) is 0 Å². The van der Waals surface area contributed by atoms with Crippen LogP contribution in [-0.2, 0) is 21.7 Å². The van der Waals surface area contributed by atoms with E-state index in [4.69, 9.17) is 9.47 Å². The van der Waals surface area contributed by atoms with Crippen LogP contribution in [0.4, 0.5) is 0 Å². The van der Waals surface area contributed by atoms with Gasteiger partial charge < -0.3 is 29.9 Å². The van der Waals surface area contributed by atoms with Gasteiger partial charge in [-0.3, -0.25) is 0 Å². The lowest BCUT2D eigenvalue weighted by atomic mass is 9.56. The second kappa shape index (κ2) is 33.3. The fraction of sp³-hybridized carbons (Fsp3) is 0.402. The third-order valence-corrected chi connectivity index (χ3v) is 33.0. The number of methoxy groups -OCH3 is 2. The van der Waals surface area contributed by atoms with Crippen molar-refractivity contribution in [3.63, 3.8) is 0 Å². The van der Waals surface area contributed by atoms with Crippen LogP contribution in [0.5, 0.6) is 34.5 Å². The van der Waals surface area contributed by atoms with Gasteiger partial charge in [-0.15, -0.1) is 0 Å². The minimum atomic E-state index is -0.0185. The van der Waals surface area contributed by atoms with Crippen molar-refractivity contribution >= 4 is 43.1 Å². The highest BCUT2D eigenvalue weighted by Gasteiger charge is 2.53. The number of hydrogen-bond acceptors (Lipinski definition) is 6. The summed E-state index contributed by atoms with van der Waals surface area (Å²) in [6, 6.07) is 74.4. The Hall–Kier alpha value is -10.3. The van der Waals surface area contributed by atoms with Crippen molar-refractivity contribution < 1.29 is 29.9 Å². The molecule has 0 amide bonds. The van der Waals surface area contributed by atoms with Crippen molar-refractivity contribution in [2.75, 3.05) is 14.2 Å². The zero-order chi connectivity index (χ0) is 84.6. The van der Waals surface area contributed by atoms with E-state index in [1.54, 1.807) is 14.2 Å².